The zero-order valence-electron chi connectivity index (χ0n) is 11.8. The Hall–Kier alpha value is -1.20. The number of benzene rings is 1. The van der Waals surface area contributed by atoms with Gasteiger partial charge in [-0.3, -0.25) is 0 Å². The Balaban J connectivity index is 1.99. The number of hydrogen-bond donors (Lipinski definition) is 1. The molecule has 0 aliphatic heterocycles. The molecule has 0 amide bonds. The van der Waals surface area contributed by atoms with E-state index in [1.165, 1.54) is 10.6 Å². The van der Waals surface area contributed by atoms with Gasteiger partial charge in [0, 0.05) is 10.6 Å². The number of methoxy groups -OCH3 is 1. The number of hydrogen-bond acceptors (Lipinski definition) is 5. The van der Waals surface area contributed by atoms with E-state index >= 15 is 0 Å². The van der Waals surface area contributed by atoms with E-state index in [-0.39, 0.29) is 0 Å². The van der Waals surface area contributed by atoms with Crippen molar-refractivity contribution >= 4 is 24.0 Å². The summed E-state index contributed by atoms with van der Waals surface area (Å²) in [4.78, 5) is 5.89. The van der Waals surface area contributed by atoms with Crippen LogP contribution in [0.25, 0.3) is 0 Å². The molecule has 2 rings (SSSR count). The van der Waals surface area contributed by atoms with Crippen LogP contribution in [0.1, 0.15) is 28.9 Å². The topological polar surface area (TPSA) is 31.4 Å². The van der Waals surface area contributed by atoms with E-state index in [1.807, 2.05) is 24.3 Å². The zero-order chi connectivity index (χ0) is 14.4. The lowest BCUT2D eigenvalue weighted by molar-refractivity contribution is 0.304. The van der Waals surface area contributed by atoms with Crippen molar-refractivity contribution in [3.05, 3.63) is 39.8 Å². The highest BCUT2D eigenvalue weighted by Gasteiger charge is 2.09. The predicted molar refractivity (Wildman–Crippen MR) is 86.1 cm³/mol. The van der Waals surface area contributed by atoms with Gasteiger partial charge in [-0.2, -0.15) is 12.6 Å². The fourth-order valence-corrected chi connectivity index (χ4v) is 3.14. The fraction of sp³-hybridized carbons (Fsp3) is 0.400. The van der Waals surface area contributed by atoms with Crippen molar-refractivity contribution in [3.8, 4) is 11.5 Å². The van der Waals surface area contributed by atoms with E-state index in [4.69, 9.17) is 9.47 Å². The molecule has 5 heteroatoms. The third-order valence-corrected chi connectivity index (χ3v) is 4.48. The van der Waals surface area contributed by atoms with Crippen molar-refractivity contribution < 1.29 is 9.47 Å². The SMILES string of the molecule is CCCc1nc(COc2ccc(OC)cc2)sc1CS. The maximum absolute atomic E-state index is 5.75. The molecule has 0 N–H and O–H groups in total. The summed E-state index contributed by atoms with van der Waals surface area (Å²) in [6.45, 7) is 2.66. The molecule has 3 nitrogen and oxygen atoms in total. The molecular weight excluding hydrogens is 290 g/mol. The molecule has 0 aliphatic carbocycles. The number of aromatic nitrogens is 1. The van der Waals surface area contributed by atoms with Crippen molar-refractivity contribution in [2.75, 3.05) is 7.11 Å². The molecule has 20 heavy (non-hydrogen) atoms. The minimum atomic E-state index is 0.501. The highest BCUT2D eigenvalue weighted by molar-refractivity contribution is 7.79. The van der Waals surface area contributed by atoms with E-state index < -0.39 is 0 Å². The highest BCUT2D eigenvalue weighted by atomic mass is 32.1. The monoisotopic (exact) mass is 309 g/mol. The van der Waals surface area contributed by atoms with Gasteiger partial charge >= 0.3 is 0 Å². The number of ether oxygens (including phenoxy) is 2. The largest absolute Gasteiger partial charge is 0.497 e. The van der Waals surface area contributed by atoms with Gasteiger partial charge in [-0.1, -0.05) is 13.3 Å². The van der Waals surface area contributed by atoms with E-state index in [0.29, 0.717) is 6.61 Å². The minimum absolute atomic E-state index is 0.501. The van der Waals surface area contributed by atoms with Gasteiger partial charge in [-0.15, -0.1) is 11.3 Å². The Kier molecular flexibility index (Phi) is 5.73. The van der Waals surface area contributed by atoms with Crippen LogP contribution in [0.4, 0.5) is 0 Å². The van der Waals surface area contributed by atoms with Gasteiger partial charge in [0.1, 0.15) is 23.1 Å². The maximum Gasteiger partial charge on any atom is 0.140 e. The van der Waals surface area contributed by atoms with Crippen molar-refractivity contribution in [2.45, 2.75) is 32.1 Å². The molecule has 0 atom stereocenters. The quantitative estimate of drug-likeness (QED) is 0.781. The summed E-state index contributed by atoms with van der Waals surface area (Å²) in [5, 5.41) is 1.01. The molecule has 0 aliphatic rings. The summed E-state index contributed by atoms with van der Waals surface area (Å²) in [6.07, 6.45) is 2.11. The van der Waals surface area contributed by atoms with Gasteiger partial charge in [0.05, 0.1) is 12.8 Å². The van der Waals surface area contributed by atoms with Gasteiger partial charge in [0.25, 0.3) is 0 Å². The average Bonchev–Trinajstić information content (AvgIpc) is 2.88. The van der Waals surface area contributed by atoms with Crippen LogP contribution in [-0.2, 0) is 18.8 Å². The molecule has 0 bridgehead atoms. The van der Waals surface area contributed by atoms with Crippen LogP contribution in [0, 0.1) is 0 Å². The zero-order valence-corrected chi connectivity index (χ0v) is 13.5. The summed E-state index contributed by atoms with van der Waals surface area (Å²) in [5.74, 6) is 2.40. The lowest BCUT2D eigenvalue weighted by Gasteiger charge is -2.05. The van der Waals surface area contributed by atoms with Gasteiger partial charge < -0.3 is 9.47 Å². The first-order chi connectivity index (χ1) is 9.76. The minimum Gasteiger partial charge on any atom is -0.497 e. The second-order valence-electron chi connectivity index (χ2n) is 4.35. The number of rotatable bonds is 7. The van der Waals surface area contributed by atoms with Crippen molar-refractivity contribution in [3.63, 3.8) is 0 Å². The molecule has 0 saturated heterocycles. The van der Waals surface area contributed by atoms with E-state index in [0.717, 1.165) is 35.1 Å². The van der Waals surface area contributed by atoms with Crippen molar-refractivity contribution in [1.29, 1.82) is 0 Å². The third-order valence-electron chi connectivity index (χ3n) is 2.87. The number of aryl methyl sites for hydroxylation is 1. The summed E-state index contributed by atoms with van der Waals surface area (Å²) < 4.78 is 10.9. The number of thiazole rings is 1. The molecule has 1 aromatic heterocycles. The first-order valence-corrected chi connectivity index (χ1v) is 8.06. The molecule has 1 aromatic carbocycles. The Morgan fingerprint density at radius 1 is 1.20 bits per heavy atom. The Bertz CT molecular complexity index is 537. The molecular formula is C15H19NO2S2. The van der Waals surface area contributed by atoms with Crippen LogP contribution in [0.15, 0.2) is 24.3 Å². The molecule has 0 radical (unpaired) electrons. The normalized spacial score (nSPS) is 10.6. The van der Waals surface area contributed by atoms with Crippen LogP contribution >= 0.6 is 24.0 Å². The Morgan fingerprint density at radius 3 is 2.50 bits per heavy atom. The van der Waals surface area contributed by atoms with Gasteiger partial charge in [0.2, 0.25) is 0 Å². The fourth-order valence-electron chi connectivity index (χ4n) is 1.87. The van der Waals surface area contributed by atoms with Crippen LogP contribution in [0.5, 0.6) is 11.5 Å². The van der Waals surface area contributed by atoms with Crippen LogP contribution < -0.4 is 9.47 Å². The van der Waals surface area contributed by atoms with E-state index in [2.05, 4.69) is 24.5 Å². The Morgan fingerprint density at radius 2 is 1.90 bits per heavy atom. The van der Waals surface area contributed by atoms with Crippen LogP contribution in [0.2, 0.25) is 0 Å². The summed E-state index contributed by atoms with van der Waals surface area (Å²) in [6, 6.07) is 7.58. The number of thiol groups is 1. The number of nitrogens with zero attached hydrogens (tertiary/aromatic N) is 1. The Labute approximate surface area is 129 Å². The average molecular weight is 309 g/mol. The molecule has 0 spiro atoms. The summed E-state index contributed by atoms with van der Waals surface area (Å²) in [5.41, 5.74) is 1.17. The molecule has 0 unspecified atom stereocenters. The molecule has 0 saturated carbocycles. The van der Waals surface area contributed by atoms with Gasteiger partial charge in [0.15, 0.2) is 0 Å². The predicted octanol–water partition coefficient (Wildman–Crippen LogP) is 4.11. The van der Waals surface area contributed by atoms with Crippen molar-refractivity contribution in [2.24, 2.45) is 0 Å². The smallest absolute Gasteiger partial charge is 0.140 e. The summed E-state index contributed by atoms with van der Waals surface area (Å²) >= 11 is 6.05. The molecule has 0 fully saturated rings. The first-order valence-electron chi connectivity index (χ1n) is 6.62. The third kappa shape index (κ3) is 3.90. The van der Waals surface area contributed by atoms with Crippen LogP contribution in [0.3, 0.4) is 0 Å². The second-order valence-corrected chi connectivity index (χ2v) is 5.83. The van der Waals surface area contributed by atoms with E-state index in [9.17, 15) is 0 Å². The maximum atomic E-state index is 5.75. The first kappa shape index (κ1) is 15.2. The van der Waals surface area contributed by atoms with Gasteiger partial charge in [-0.05, 0) is 30.7 Å². The molecule has 108 valence electrons. The van der Waals surface area contributed by atoms with Crippen LogP contribution in [-0.4, -0.2) is 12.1 Å². The standard InChI is InChI=1S/C15H19NO2S2/c1-3-4-13-14(10-19)20-15(16-13)9-18-12-7-5-11(17-2)6-8-12/h5-8,19H,3-4,9-10H2,1-2H3. The lowest BCUT2D eigenvalue weighted by atomic mass is 10.2. The second kappa shape index (κ2) is 7.55. The highest BCUT2D eigenvalue weighted by Crippen LogP contribution is 2.24. The summed E-state index contributed by atoms with van der Waals surface area (Å²) in [7, 11) is 1.65. The lowest BCUT2D eigenvalue weighted by Crippen LogP contribution is -1.95. The van der Waals surface area contributed by atoms with Crippen molar-refractivity contribution in [1.82, 2.24) is 4.98 Å². The molecule has 2 aromatic rings. The molecule has 1 heterocycles. The van der Waals surface area contributed by atoms with E-state index in [1.54, 1.807) is 18.4 Å². The van der Waals surface area contributed by atoms with Gasteiger partial charge in [-0.25, -0.2) is 4.98 Å².